The third-order valence-corrected chi connectivity index (χ3v) is 6.18. The normalized spacial score (nSPS) is 16.9. The molecule has 3 aromatic carbocycles. The molecule has 0 aliphatic carbocycles. The second kappa shape index (κ2) is 7.80. The van der Waals surface area contributed by atoms with Gasteiger partial charge in [0.2, 0.25) is 5.91 Å². The quantitative estimate of drug-likeness (QED) is 0.363. The first kappa shape index (κ1) is 21.6. The summed E-state index contributed by atoms with van der Waals surface area (Å²) < 4.78 is 0. The predicted octanol–water partition coefficient (Wildman–Crippen LogP) is 5.84. The van der Waals surface area contributed by atoms with Crippen molar-refractivity contribution in [3.8, 4) is 0 Å². The number of aromatic carboxylic acids is 1. The molecule has 10 heteroatoms. The molecule has 3 aromatic rings. The van der Waals surface area contributed by atoms with Crippen molar-refractivity contribution in [2.45, 2.75) is 5.66 Å². The molecule has 31 heavy (non-hydrogen) atoms. The van der Waals surface area contributed by atoms with E-state index in [2.05, 4.69) is 10.6 Å². The lowest BCUT2D eigenvalue weighted by molar-refractivity contribution is 0.0696. The van der Waals surface area contributed by atoms with E-state index in [4.69, 9.17) is 52.1 Å². The van der Waals surface area contributed by atoms with Gasteiger partial charge in [0.1, 0.15) is 0 Å². The lowest BCUT2D eigenvalue weighted by Crippen LogP contribution is -2.41. The molecule has 6 nitrogen and oxygen atoms in total. The van der Waals surface area contributed by atoms with Crippen LogP contribution in [0, 0.1) is 0 Å². The number of benzene rings is 3. The maximum Gasteiger partial charge on any atom is 0.335 e. The maximum atomic E-state index is 11.7. The molecule has 1 unspecified atom stereocenters. The molecule has 0 saturated heterocycles. The molecule has 4 rings (SSSR count). The van der Waals surface area contributed by atoms with Crippen LogP contribution in [-0.2, 0) is 5.66 Å². The van der Waals surface area contributed by atoms with Gasteiger partial charge in [0, 0.05) is 26.7 Å². The zero-order chi connectivity index (χ0) is 22.5. The third-order valence-electron chi connectivity index (χ3n) is 4.95. The Bertz CT molecular complexity index is 1220. The smallest absolute Gasteiger partial charge is 0.335 e. The maximum absolute atomic E-state index is 11.7. The first-order valence-corrected chi connectivity index (χ1v) is 10.3. The van der Waals surface area contributed by atoms with Crippen molar-refractivity contribution in [3.05, 3.63) is 90.9 Å². The zero-order valence-electron chi connectivity index (χ0n) is 15.5. The molecule has 5 N–H and O–H groups in total. The lowest BCUT2D eigenvalue weighted by atomic mass is 9.90. The van der Waals surface area contributed by atoms with Crippen LogP contribution in [0.1, 0.15) is 31.8 Å². The van der Waals surface area contributed by atoms with Crippen molar-refractivity contribution in [2.75, 3.05) is 10.6 Å². The number of nitrogens with one attached hydrogen (secondary N) is 2. The topological polar surface area (TPSA) is 104 Å². The molecule has 1 heterocycles. The number of hydrogen-bond acceptors (Lipinski definition) is 4. The molecular weight excluding hydrogens is 484 g/mol. The first-order valence-electron chi connectivity index (χ1n) is 8.81. The highest BCUT2D eigenvalue weighted by Crippen LogP contribution is 2.51. The summed E-state index contributed by atoms with van der Waals surface area (Å²) in [6, 6.07) is 12.3. The summed E-state index contributed by atoms with van der Waals surface area (Å²) in [4.78, 5) is 23.1. The number of fused-ring (bicyclic) bond motifs is 1. The number of primary amides is 1. The van der Waals surface area contributed by atoms with E-state index >= 15 is 0 Å². The molecule has 0 radical (unpaired) electrons. The van der Waals surface area contributed by atoms with Crippen LogP contribution in [0.25, 0.3) is 0 Å². The predicted molar refractivity (Wildman–Crippen MR) is 123 cm³/mol. The van der Waals surface area contributed by atoms with Gasteiger partial charge in [-0.25, -0.2) is 4.79 Å². The van der Waals surface area contributed by atoms with Crippen LogP contribution >= 0.6 is 46.4 Å². The minimum Gasteiger partial charge on any atom is -0.478 e. The van der Waals surface area contributed by atoms with Gasteiger partial charge in [-0.1, -0.05) is 52.5 Å². The van der Waals surface area contributed by atoms with Crippen molar-refractivity contribution in [1.29, 1.82) is 0 Å². The molecule has 158 valence electrons. The van der Waals surface area contributed by atoms with E-state index in [0.29, 0.717) is 32.5 Å². The van der Waals surface area contributed by atoms with Crippen LogP contribution in [0.5, 0.6) is 0 Å². The van der Waals surface area contributed by atoms with Gasteiger partial charge in [-0.2, -0.15) is 0 Å². The van der Waals surface area contributed by atoms with Gasteiger partial charge in [0.05, 0.1) is 27.0 Å². The van der Waals surface area contributed by atoms with Gasteiger partial charge in [0.15, 0.2) is 5.66 Å². The second-order valence-electron chi connectivity index (χ2n) is 6.84. The van der Waals surface area contributed by atoms with Crippen LogP contribution < -0.4 is 16.4 Å². The minimum absolute atomic E-state index is 0.0791. The number of carboxylic acids is 1. The van der Waals surface area contributed by atoms with Crippen molar-refractivity contribution in [1.82, 2.24) is 0 Å². The molecule has 1 amide bonds. The van der Waals surface area contributed by atoms with E-state index < -0.39 is 17.5 Å². The van der Waals surface area contributed by atoms with Gasteiger partial charge in [0.25, 0.3) is 0 Å². The summed E-state index contributed by atoms with van der Waals surface area (Å²) in [6.45, 7) is 0. The highest BCUT2D eigenvalue weighted by Gasteiger charge is 2.46. The summed E-state index contributed by atoms with van der Waals surface area (Å²) in [5.41, 5.74) is 6.03. The van der Waals surface area contributed by atoms with E-state index in [9.17, 15) is 14.7 Å². The number of amides is 1. The molecule has 0 aromatic heterocycles. The van der Waals surface area contributed by atoms with Crippen LogP contribution in [-0.4, -0.2) is 17.0 Å². The highest BCUT2D eigenvalue weighted by molar-refractivity contribution is 6.38. The molecular formula is C21H13Cl4N3O3. The van der Waals surface area contributed by atoms with Crippen LogP contribution in [0.4, 0.5) is 11.4 Å². The highest BCUT2D eigenvalue weighted by atomic mass is 35.5. The number of anilines is 2. The van der Waals surface area contributed by atoms with Gasteiger partial charge in [-0.05, 0) is 42.5 Å². The standard InChI is InChI=1S/C21H13Cl4N3O3/c22-11-2-1-3-12(23)17(11)21(18-13(24)6-10(19(26)29)7-14(18)25)27-15-5-4-9(20(30)31)8-16(15)28-21/h1-8,27-28H,(H2,26,29)(H,30,31). The number of hydrogen-bond donors (Lipinski definition) is 4. The fourth-order valence-corrected chi connectivity index (χ4v) is 5.08. The zero-order valence-corrected chi connectivity index (χ0v) is 18.5. The molecule has 0 spiro atoms. The Morgan fingerprint density at radius 1 is 0.774 bits per heavy atom. The Morgan fingerprint density at radius 2 is 1.32 bits per heavy atom. The number of nitrogens with two attached hydrogens (primary N) is 1. The molecule has 0 fully saturated rings. The Morgan fingerprint density at radius 3 is 1.87 bits per heavy atom. The van der Waals surface area contributed by atoms with E-state index in [-0.39, 0.29) is 21.2 Å². The number of carbonyl (C=O) groups excluding carboxylic acids is 1. The number of carboxylic acid groups (broad SMARTS) is 1. The first-order chi connectivity index (χ1) is 14.6. The molecule has 1 atom stereocenters. The van der Waals surface area contributed by atoms with Gasteiger partial charge >= 0.3 is 5.97 Å². The molecule has 0 saturated carbocycles. The minimum atomic E-state index is -1.36. The van der Waals surface area contributed by atoms with Crippen LogP contribution in [0.15, 0.2) is 48.5 Å². The van der Waals surface area contributed by atoms with E-state index in [1.54, 1.807) is 24.3 Å². The summed E-state index contributed by atoms with van der Waals surface area (Å²) >= 11 is 26.2. The van der Waals surface area contributed by atoms with Gasteiger partial charge < -0.3 is 21.5 Å². The number of rotatable bonds is 4. The van der Waals surface area contributed by atoms with Crippen LogP contribution in [0.3, 0.4) is 0 Å². The molecule has 1 aliphatic rings. The summed E-state index contributed by atoms with van der Waals surface area (Å²) in [5, 5.41) is 16.8. The number of carbonyl (C=O) groups is 2. The summed E-state index contributed by atoms with van der Waals surface area (Å²) in [6.07, 6.45) is 0. The second-order valence-corrected chi connectivity index (χ2v) is 8.47. The van der Waals surface area contributed by atoms with Crippen molar-refractivity contribution >= 4 is 69.7 Å². The fraction of sp³-hybridized carbons (Fsp3) is 0.0476. The summed E-state index contributed by atoms with van der Waals surface area (Å²) in [7, 11) is 0. The third kappa shape index (κ3) is 3.55. The fourth-order valence-electron chi connectivity index (χ4n) is 3.63. The lowest BCUT2D eigenvalue weighted by Gasteiger charge is -2.35. The Hall–Kier alpha value is -2.64. The van der Waals surface area contributed by atoms with Crippen molar-refractivity contribution in [2.24, 2.45) is 5.73 Å². The average molecular weight is 497 g/mol. The van der Waals surface area contributed by atoms with E-state index in [1.165, 1.54) is 24.3 Å². The van der Waals surface area contributed by atoms with Crippen molar-refractivity contribution < 1.29 is 14.7 Å². The van der Waals surface area contributed by atoms with E-state index in [0.717, 1.165) is 0 Å². The Balaban J connectivity index is 2.02. The van der Waals surface area contributed by atoms with Crippen molar-refractivity contribution in [3.63, 3.8) is 0 Å². The average Bonchev–Trinajstić information content (AvgIpc) is 3.05. The van der Waals surface area contributed by atoms with Gasteiger partial charge in [-0.3, -0.25) is 4.79 Å². The largest absolute Gasteiger partial charge is 0.478 e. The number of halogens is 4. The molecule has 1 aliphatic heterocycles. The SMILES string of the molecule is NC(=O)c1cc(Cl)c(C2(c3c(Cl)cccc3Cl)Nc3ccc(C(=O)O)cc3N2)c(Cl)c1. The Kier molecular flexibility index (Phi) is 5.43. The van der Waals surface area contributed by atoms with E-state index in [1.807, 2.05) is 0 Å². The summed E-state index contributed by atoms with van der Waals surface area (Å²) in [5.74, 6) is -1.78. The Labute approximate surface area is 196 Å². The monoisotopic (exact) mass is 495 g/mol. The molecule has 0 bridgehead atoms. The van der Waals surface area contributed by atoms with Crippen LogP contribution in [0.2, 0.25) is 20.1 Å². The van der Waals surface area contributed by atoms with Gasteiger partial charge in [-0.15, -0.1) is 0 Å².